The molecule has 0 atom stereocenters. The standard InChI is InChI=1S/C23H21N5O2/c1-30-21-12-5-4-11-20(21)28-23(29)26-17-8-6-7-16(13-17)14-25-22-15-24-18-9-2-3-10-19(18)27-22/h2-13,15H,14H2,1H3,(H,25,27)(H2,26,28,29). The van der Waals surface area contributed by atoms with E-state index in [1.54, 1.807) is 25.4 Å². The van der Waals surface area contributed by atoms with Crippen LogP contribution in [0.3, 0.4) is 0 Å². The van der Waals surface area contributed by atoms with E-state index in [1.807, 2.05) is 60.7 Å². The second-order valence-electron chi connectivity index (χ2n) is 6.58. The summed E-state index contributed by atoms with van der Waals surface area (Å²) in [6.45, 7) is 0.552. The number of fused-ring (bicyclic) bond motifs is 1. The van der Waals surface area contributed by atoms with E-state index in [0.29, 0.717) is 29.5 Å². The van der Waals surface area contributed by atoms with E-state index in [-0.39, 0.29) is 6.03 Å². The molecular weight excluding hydrogens is 378 g/mol. The summed E-state index contributed by atoms with van der Waals surface area (Å²) in [6.07, 6.45) is 1.71. The Morgan fingerprint density at radius 3 is 2.60 bits per heavy atom. The number of hydrogen-bond donors (Lipinski definition) is 3. The zero-order valence-electron chi connectivity index (χ0n) is 16.4. The van der Waals surface area contributed by atoms with Crippen LogP contribution in [0.5, 0.6) is 5.75 Å². The number of urea groups is 1. The topological polar surface area (TPSA) is 88.2 Å². The summed E-state index contributed by atoms with van der Waals surface area (Å²) in [4.78, 5) is 21.3. The van der Waals surface area contributed by atoms with Gasteiger partial charge in [0.15, 0.2) is 0 Å². The van der Waals surface area contributed by atoms with Gasteiger partial charge in [-0.25, -0.2) is 9.78 Å². The first kappa shape index (κ1) is 19.2. The molecule has 0 fully saturated rings. The van der Waals surface area contributed by atoms with E-state index in [0.717, 1.165) is 16.6 Å². The number of nitrogens with one attached hydrogen (secondary N) is 3. The van der Waals surface area contributed by atoms with Crippen LogP contribution >= 0.6 is 0 Å². The van der Waals surface area contributed by atoms with Crippen molar-refractivity contribution in [3.8, 4) is 5.75 Å². The third-order valence-electron chi connectivity index (χ3n) is 4.46. The Balaban J connectivity index is 1.39. The molecular formula is C23H21N5O2. The minimum Gasteiger partial charge on any atom is -0.495 e. The van der Waals surface area contributed by atoms with Crippen LogP contribution in [0.2, 0.25) is 0 Å². The van der Waals surface area contributed by atoms with Crippen LogP contribution < -0.4 is 20.7 Å². The maximum absolute atomic E-state index is 12.4. The van der Waals surface area contributed by atoms with Crippen LogP contribution in [0.4, 0.5) is 22.0 Å². The van der Waals surface area contributed by atoms with Gasteiger partial charge in [-0.1, -0.05) is 36.4 Å². The van der Waals surface area contributed by atoms with Crippen molar-refractivity contribution < 1.29 is 9.53 Å². The zero-order chi connectivity index (χ0) is 20.8. The molecule has 0 bridgehead atoms. The summed E-state index contributed by atoms with van der Waals surface area (Å²) in [6, 6.07) is 22.2. The second-order valence-corrected chi connectivity index (χ2v) is 6.58. The molecule has 30 heavy (non-hydrogen) atoms. The first-order valence-electron chi connectivity index (χ1n) is 9.47. The highest BCUT2D eigenvalue weighted by atomic mass is 16.5. The van der Waals surface area contributed by atoms with Gasteiger partial charge < -0.3 is 20.7 Å². The molecule has 0 saturated heterocycles. The fourth-order valence-electron chi connectivity index (χ4n) is 3.03. The number of benzene rings is 3. The lowest BCUT2D eigenvalue weighted by Crippen LogP contribution is -2.19. The molecule has 0 spiro atoms. The molecule has 3 N–H and O–H groups in total. The van der Waals surface area contributed by atoms with Crippen molar-refractivity contribution in [3.05, 3.63) is 84.6 Å². The van der Waals surface area contributed by atoms with Gasteiger partial charge in [-0.3, -0.25) is 4.98 Å². The molecule has 0 radical (unpaired) electrons. The molecule has 0 saturated carbocycles. The van der Waals surface area contributed by atoms with E-state index in [4.69, 9.17) is 4.74 Å². The fraction of sp³-hybridized carbons (Fsp3) is 0.0870. The number of aromatic nitrogens is 2. The molecule has 4 rings (SSSR count). The molecule has 0 unspecified atom stereocenters. The van der Waals surface area contributed by atoms with Gasteiger partial charge in [-0.05, 0) is 42.0 Å². The molecule has 7 nitrogen and oxygen atoms in total. The summed E-state index contributed by atoms with van der Waals surface area (Å²) in [7, 11) is 1.56. The maximum atomic E-state index is 12.4. The van der Waals surface area contributed by atoms with Crippen molar-refractivity contribution in [3.63, 3.8) is 0 Å². The van der Waals surface area contributed by atoms with Gasteiger partial charge >= 0.3 is 6.03 Å². The van der Waals surface area contributed by atoms with Crippen LogP contribution in [0.15, 0.2) is 79.0 Å². The van der Waals surface area contributed by atoms with Gasteiger partial charge in [0.2, 0.25) is 0 Å². The third-order valence-corrected chi connectivity index (χ3v) is 4.46. The Kier molecular flexibility index (Phi) is 5.70. The maximum Gasteiger partial charge on any atom is 0.323 e. The average molecular weight is 399 g/mol. The van der Waals surface area contributed by atoms with E-state index in [2.05, 4.69) is 25.9 Å². The number of amides is 2. The minimum absolute atomic E-state index is 0.343. The average Bonchev–Trinajstić information content (AvgIpc) is 2.78. The summed E-state index contributed by atoms with van der Waals surface area (Å²) in [5.74, 6) is 1.29. The molecule has 0 aliphatic carbocycles. The van der Waals surface area contributed by atoms with Crippen LogP contribution in [0.25, 0.3) is 11.0 Å². The second kappa shape index (κ2) is 8.91. The molecule has 4 aromatic rings. The molecule has 7 heteroatoms. The van der Waals surface area contributed by atoms with Crippen molar-refractivity contribution in [1.82, 2.24) is 9.97 Å². The van der Waals surface area contributed by atoms with Gasteiger partial charge in [0.1, 0.15) is 11.6 Å². The predicted molar refractivity (Wildman–Crippen MR) is 119 cm³/mol. The molecule has 2 amide bonds. The highest BCUT2D eigenvalue weighted by molar-refractivity contribution is 6.00. The van der Waals surface area contributed by atoms with Crippen molar-refractivity contribution in [2.45, 2.75) is 6.54 Å². The Hall–Kier alpha value is -4.13. The van der Waals surface area contributed by atoms with E-state index >= 15 is 0 Å². The summed E-state index contributed by atoms with van der Waals surface area (Å²) >= 11 is 0. The Labute approximate surface area is 174 Å². The highest BCUT2D eigenvalue weighted by Crippen LogP contribution is 2.23. The van der Waals surface area contributed by atoms with Crippen LogP contribution in [-0.4, -0.2) is 23.1 Å². The summed E-state index contributed by atoms with van der Waals surface area (Å²) in [5, 5.41) is 8.91. The molecule has 1 heterocycles. The lowest BCUT2D eigenvalue weighted by molar-refractivity contribution is 0.262. The Morgan fingerprint density at radius 2 is 1.73 bits per heavy atom. The number of hydrogen-bond acceptors (Lipinski definition) is 5. The van der Waals surface area contributed by atoms with Gasteiger partial charge in [-0.2, -0.15) is 0 Å². The number of nitrogens with zero attached hydrogens (tertiary/aromatic N) is 2. The first-order chi connectivity index (χ1) is 14.7. The molecule has 0 aliphatic rings. The summed E-state index contributed by atoms with van der Waals surface area (Å²) in [5.41, 5.74) is 3.98. The van der Waals surface area contributed by atoms with Gasteiger partial charge in [0, 0.05) is 12.2 Å². The number of anilines is 3. The van der Waals surface area contributed by atoms with Crippen molar-refractivity contribution >= 4 is 34.3 Å². The minimum atomic E-state index is -0.343. The first-order valence-corrected chi connectivity index (χ1v) is 9.47. The van der Waals surface area contributed by atoms with Gasteiger partial charge in [0.05, 0.1) is 30.0 Å². The van der Waals surface area contributed by atoms with E-state index in [9.17, 15) is 4.79 Å². The molecule has 1 aromatic heterocycles. The quantitative estimate of drug-likeness (QED) is 0.429. The summed E-state index contributed by atoms with van der Waals surface area (Å²) < 4.78 is 5.25. The normalized spacial score (nSPS) is 10.4. The van der Waals surface area contributed by atoms with Crippen molar-refractivity contribution in [1.29, 1.82) is 0 Å². The number of carbonyl (C=O) groups excluding carboxylic acids is 1. The van der Waals surface area contributed by atoms with E-state index in [1.165, 1.54) is 0 Å². The van der Waals surface area contributed by atoms with Crippen molar-refractivity contribution in [2.24, 2.45) is 0 Å². The number of para-hydroxylation sites is 4. The Bertz CT molecular complexity index is 1180. The number of rotatable bonds is 6. The number of methoxy groups -OCH3 is 1. The zero-order valence-corrected chi connectivity index (χ0v) is 16.4. The largest absolute Gasteiger partial charge is 0.495 e. The molecule has 3 aromatic carbocycles. The van der Waals surface area contributed by atoms with Gasteiger partial charge in [-0.15, -0.1) is 0 Å². The van der Waals surface area contributed by atoms with Crippen LogP contribution in [-0.2, 0) is 6.54 Å². The van der Waals surface area contributed by atoms with Crippen LogP contribution in [0.1, 0.15) is 5.56 Å². The third kappa shape index (κ3) is 4.64. The smallest absolute Gasteiger partial charge is 0.323 e. The predicted octanol–water partition coefficient (Wildman–Crippen LogP) is 4.89. The van der Waals surface area contributed by atoms with Crippen LogP contribution in [0, 0.1) is 0 Å². The lowest BCUT2D eigenvalue weighted by Gasteiger charge is -2.12. The fourth-order valence-corrected chi connectivity index (χ4v) is 3.03. The SMILES string of the molecule is COc1ccccc1NC(=O)Nc1cccc(CNc2cnc3ccccc3n2)c1. The monoisotopic (exact) mass is 399 g/mol. The Morgan fingerprint density at radius 1 is 0.933 bits per heavy atom. The number of carbonyl (C=O) groups is 1. The van der Waals surface area contributed by atoms with Gasteiger partial charge in [0.25, 0.3) is 0 Å². The number of ether oxygens (including phenoxy) is 1. The van der Waals surface area contributed by atoms with E-state index < -0.39 is 0 Å². The molecule has 150 valence electrons. The van der Waals surface area contributed by atoms with Crippen molar-refractivity contribution in [2.75, 3.05) is 23.1 Å². The lowest BCUT2D eigenvalue weighted by atomic mass is 10.2. The molecule has 0 aliphatic heterocycles. The highest BCUT2D eigenvalue weighted by Gasteiger charge is 2.07.